The zero-order chi connectivity index (χ0) is 11.4. The van der Waals surface area contributed by atoms with E-state index in [1.54, 1.807) is 6.92 Å². The van der Waals surface area contributed by atoms with E-state index in [0.29, 0.717) is 12.0 Å². The second kappa shape index (κ2) is 4.50. The lowest BCUT2D eigenvalue weighted by atomic mass is 10.1. The summed E-state index contributed by atoms with van der Waals surface area (Å²) in [6.07, 6.45) is 0.483. The van der Waals surface area contributed by atoms with Gasteiger partial charge in [0.15, 0.2) is 0 Å². The maximum Gasteiger partial charge on any atom is 0.334 e. The zero-order valence-corrected chi connectivity index (χ0v) is 7.90. The van der Waals surface area contributed by atoms with Crippen molar-refractivity contribution in [1.82, 2.24) is 0 Å². The van der Waals surface area contributed by atoms with Crippen molar-refractivity contribution in [2.45, 2.75) is 13.3 Å². The molecule has 6 heteroatoms. The third kappa shape index (κ3) is 2.73. The fourth-order valence-corrected chi connectivity index (χ4v) is 1.08. The van der Waals surface area contributed by atoms with Crippen molar-refractivity contribution in [2.24, 2.45) is 0 Å². The molecule has 1 rings (SSSR count). The van der Waals surface area contributed by atoms with Gasteiger partial charge in [0.1, 0.15) is 5.82 Å². The number of nitrogens with zero attached hydrogens (tertiary/aromatic N) is 1. The molecule has 0 N–H and O–H groups in total. The Hall–Kier alpha value is -1.98. The highest BCUT2D eigenvalue weighted by molar-refractivity contribution is 5.88. The summed E-state index contributed by atoms with van der Waals surface area (Å²) in [6.45, 7) is 1.76. The molecule has 0 bridgehead atoms. The zero-order valence-electron chi connectivity index (χ0n) is 7.90. The molecule has 0 fully saturated rings. The Morgan fingerprint density at radius 2 is 2.27 bits per heavy atom. The number of carbonyl (C=O) groups is 1. The van der Waals surface area contributed by atoms with E-state index in [2.05, 4.69) is 4.84 Å². The molecule has 1 aromatic carbocycles. The van der Waals surface area contributed by atoms with Gasteiger partial charge in [0.25, 0.3) is 0 Å². The fourth-order valence-electron chi connectivity index (χ4n) is 1.08. The molecule has 0 spiro atoms. The molecule has 0 saturated carbocycles. The predicted molar refractivity (Wildman–Crippen MR) is 48.2 cm³/mol. The highest BCUT2D eigenvalue weighted by Gasteiger charge is 2.12. The van der Waals surface area contributed by atoms with Crippen molar-refractivity contribution < 1.29 is 19.1 Å². The SMILES string of the molecule is CCc1ccc(C(=O)O[N+](=O)[O-])cc1F. The van der Waals surface area contributed by atoms with Gasteiger partial charge in [0, 0.05) is 5.56 Å². The van der Waals surface area contributed by atoms with Crippen LogP contribution in [0.3, 0.4) is 0 Å². The van der Waals surface area contributed by atoms with Gasteiger partial charge in [-0.05, 0) is 24.1 Å². The summed E-state index contributed by atoms with van der Waals surface area (Å²) in [5.74, 6) is -1.75. The molecule has 0 unspecified atom stereocenters. The van der Waals surface area contributed by atoms with Crippen LogP contribution in [0.4, 0.5) is 4.39 Å². The lowest BCUT2D eigenvalue weighted by Crippen LogP contribution is -2.11. The van der Waals surface area contributed by atoms with Crippen molar-refractivity contribution in [2.75, 3.05) is 0 Å². The number of hydrogen-bond acceptors (Lipinski definition) is 4. The van der Waals surface area contributed by atoms with Crippen molar-refractivity contribution >= 4 is 5.97 Å². The van der Waals surface area contributed by atoms with E-state index in [1.165, 1.54) is 12.1 Å². The van der Waals surface area contributed by atoms with E-state index in [-0.39, 0.29) is 5.56 Å². The van der Waals surface area contributed by atoms with Crippen LogP contribution < -0.4 is 0 Å². The fraction of sp³-hybridized carbons (Fsp3) is 0.222. The Balaban J connectivity index is 2.92. The van der Waals surface area contributed by atoms with Crippen LogP contribution in [-0.4, -0.2) is 11.1 Å². The first-order valence-corrected chi connectivity index (χ1v) is 4.19. The van der Waals surface area contributed by atoms with Crippen molar-refractivity contribution in [3.05, 3.63) is 45.3 Å². The highest BCUT2D eigenvalue weighted by Crippen LogP contribution is 2.11. The lowest BCUT2D eigenvalue weighted by Gasteiger charge is -2.01. The van der Waals surface area contributed by atoms with Gasteiger partial charge in [-0.25, -0.2) is 9.23 Å². The summed E-state index contributed by atoms with van der Waals surface area (Å²) in [6, 6.07) is 3.60. The Bertz CT molecular complexity index is 405. The van der Waals surface area contributed by atoms with E-state index >= 15 is 0 Å². The van der Waals surface area contributed by atoms with E-state index in [0.717, 1.165) is 6.07 Å². The molecule has 0 amide bonds. The van der Waals surface area contributed by atoms with Gasteiger partial charge in [-0.15, -0.1) is 10.1 Å². The molecule has 0 heterocycles. The van der Waals surface area contributed by atoms with Crippen LogP contribution in [0.1, 0.15) is 22.8 Å². The number of rotatable bonds is 3. The number of aryl methyl sites for hydroxylation is 1. The Morgan fingerprint density at radius 3 is 2.73 bits per heavy atom. The monoisotopic (exact) mass is 213 g/mol. The Labute approximate surface area is 84.6 Å². The van der Waals surface area contributed by atoms with Crippen LogP contribution in [0.15, 0.2) is 18.2 Å². The maximum atomic E-state index is 13.2. The lowest BCUT2D eigenvalue weighted by molar-refractivity contribution is -0.727. The van der Waals surface area contributed by atoms with Crippen molar-refractivity contribution in [3.63, 3.8) is 0 Å². The molecule has 5 nitrogen and oxygen atoms in total. The molecule has 0 aliphatic heterocycles. The van der Waals surface area contributed by atoms with Crippen molar-refractivity contribution in [3.8, 4) is 0 Å². The molecule has 0 aliphatic carbocycles. The van der Waals surface area contributed by atoms with Crippen LogP contribution in [0, 0.1) is 15.9 Å². The van der Waals surface area contributed by atoms with E-state index in [4.69, 9.17) is 0 Å². The first-order chi connectivity index (χ1) is 7.04. The summed E-state index contributed by atoms with van der Waals surface area (Å²) >= 11 is 0. The second-order valence-electron chi connectivity index (χ2n) is 2.76. The first kappa shape index (κ1) is 11.1. The summed E-state index contributed by atoms with van der Waals surface area (Å²) < 4.78 is 13.2. The summed E-state index contributed by atoms with van der Waals surface area (Å²) in [5, 5.41) is 8.63. The third-order valence-electron chi connectivity index (χ3n) is 1.83. The van der Waals surface area contributed by atoms with Crippen LogP contribution >= 0.6 is 0 Å². The summed E-state index contributed by atoms with van der Waals surface area (Å²) in [4.78, 5) is 24.5. The molecular weight excluding hydrogens is 205 g/mol. The molecule has 15 heavy (non-hydrogen) atoms. The van der Waals surface area contributed by atoms with Gasteiger partial charge in [-0.1, -0.05) is 13.0 Å². The van der Waals surface area contributed by atoms with Gasteiger partial charge >= 0.3 is 11.1 Å². The van der Waals surface area contributed by atoms with Crippen LogP contribution in [-0.2, 0) is 11.3 Å². The molecule has 0 aliphatic rings. The minimum absolute atomic E-state index is 0.179. The van der Waals surface area contributed by atoms with E-state index < -0.39 is 16.9 Å². The highest BCUT2D eigenvalue weighted by atomic mass is 19.1. The van der Waals surface area contributed by atoms with Crippen LogP contribution in [0.5, 0.6) is 0 Å². The summed E-state index contributed by atoms with van der Waals surface area (Å²) in [7, 11) is 0. The normalized spacial score (nSPS) is 9.73. The number of hydrogen-bond donors (Lipinski definition) is 0. The topological polar surface area (TPSA) is 69.4 Å². The minimum Gasteiger partial charge on any atom is -0.263 e. The predicted octanol–water partition coefficient (Wildman–Crippen LogP) is 1.74. The van der Waals surface area contributed by atoms with Crippen LogP contribution in [0.25, 0.3) is 0 Å². The van der Waals surface area contributed by atoms with Gasteiger partial charge in [-0.2, -0.15) is 0 Å². The van der Waals surface area contributed by atoms with E-state index in [9.17, 15) is 19.3 Å². The molecular formula is C9H8FNO4. The maximum absolute atomic E-state index is 13.2. The number of halogens is 1. The average Bonchev–Trinajstić information content (AvgIpc) is 2.16. The average molecular weight is 213 g/mol. The number of benzene rings is 1. The minimum atomic E-state index is -1.23. The summed E-state index contributed by atoms with van der Waals surface area (Å²) in [5.41, 5.74) is 0.258. The molecule has 80 valence electrons. The Kier molecular flexibility index (Phi) is 3.33. The quantitative estimate of drug-likeness (QED) is 0.566. The van der Waals surface area contributed by atoms with Gasteiger partial charge < -0.3 is 0 Å². The Morgan fingerprint density at radius 1 is 1.60 bits per heavy atom. The standard InChI is InChI=1S/C9H8FNO4/c1-2-6-3-4-7(5-8(6)10)9(12)15-11(13)14/h3-5H,2H2,1H3. The molecule has 0 radical (unpaired) electrons. The van der Waals surface area contributed by atoms with Crippen molar-refractivity contribution in [1.29, 1.82) is 0 Å². The molecule has 1 aromatic rings. The molecule has 0 saturated heterocycles. The van der Waals surface area contributed by atoms with Crippen LogP contribution in [0.2, 0.25) is 0 Å². The van der Waals surface area contributed by atoms with Gasteiger partial charge in [-0.3, -0.25) is 4.79 Å². The van der Waals surface area contributed by atoms with E-state index in [1.807, 2.05) is 0 Å². The van der Waals surface area contributed by atoms with Gasteiger partial charge in [0.05, 0.1) is 0 Å². The van der Waals surface area contributed by atoms with Gasteiger partial charge in [0.2, 0.25) is 0 Å². The first-order valence-electron chi connectivity index (χ1n) is 4.19. The number of carbonyl (C=O) groups excluding carboxylic acids is 1. The second-order valence-corrected chi connectivity index (χ2v) is 2.76. The third-order valence-corrected chi connectivity index (χ3v) is 1.83. The largest absolute Gasteiger partial charge is 0.334 e. The molecule has 0 atom stereocenters. The molecule has 0 aromatic heterocycles. The smallest absolute Gasteiger partial charge is 0.263 e.